The summed E-state index contributed by atoms with van der Waals surface area (Å²) in [6.45, 7) is 3.86. The highest BCUT2D eigenvalue weighted by atomic mass is 32.1. The number of nitrogen functional groups attached to an aromatic ring is 1. The zero-order chi connectivity index (χ0) is 14.0. The quantitative estimate of drug-likeness (QED) is 0.932. The summed E-state index contributed by atoms with van der Waals surface area (Å²) in [5.41, 5.74) is 6.04. The summed E-state index contributed by atoms with van der Waals surface area (Å²) in [6, 6.07) is 1.83. The van der Waals surface area contributed by atoms with E-state index in [1.54, 1.807) is 0 Å². The second-order valence-corrected chi connectivity index (χ2v) is 5.58. The molecule has 1 aliphatic heterocycles. The van der Waals surface area contributed by atoms with Crippen LogP contribution in [0.1, 0.15) is 25.6 Å². The Balaban J connectivity index is 1.93. The van der Waals surface area contributed by atoms with E-state index in [-0.39, 0.29) is 0 Å². The van der Waals surface area contributed by atoms with Crippen molar-refractivity contribution in [1.29, 1.82) is 0 Å². The molecule has 0 atom stereocenters. The maximum absolute atomic E-state index is 5.92. The van der Waals surface area contributed by atoms with Gasteiger partial charge >= 0.3 is 0 Å². The number of thiophene rings is 1. The normalized spacial score (nSPS) is 18.2. The largest absolute Gasteiger partial charge is 0.397 e. The fraction of sp³-hybridized carbons (Fsp3) is 0.538. The van der Waals surface area contributed by atoms with E-state index in [1.165, 1.54) is 11.3 Å². The van der Waals surface area contributed by atoms with Crippen molar-refractivity contribution in [2.24, 2.45) is 0 Å². The summed E-state index contributed by atoms with van der Waals surface area (Å²) < 4.78 is 16.7. The molecule has 6 nitrogen and oxygen atoms in total. The van der Waals surface area contributed by atoms with Gasteiger partial charge in [0.25, 0.3) is 5.89 Å². The molecule has 0 aliphatic carbocycles. The summed E-state index contributed by atoms with van der Waals surface area (Å²) in [4.78, 5) is 5.31. The van der Waals surface area contributed by atoms with Crippen LogP contribution in [0.3, 0.4) is 0 Å². The standard InChI is InChI=1S/C13H17N3O3S/c1-2-18-13(4-6-17-7-5-13)12-15-11(19-16-12)10-9(14)3-8-20-10/h3,8H,2,4-7,14H2,1H3. The van der Waals surface area contributed by atoms with E-state index in [9.17, 15) is 0 Å². The van der Waals surface area contributed by atoms with Crippen LogP contribution in [0.2, 0.25) is 0 Å². The minimum absolute atomic E-state index is 0.457. The number of ether oxygens (including phenoxy) is 2. The zero-order valence-corrected chi connectivity index (χ0v) is 12.1. The first-order valence-corrected chi connectivity index (χ1v) is 7.52. The molecule has 2 aromatic rings. The third-order valence-corrected chi connectivity index (χ3v) is 4.36. The average Bonchev–Trinajstić information content (AvgIpc) is 3.08. The fourth-order valence-corrected chi connectivity index (χ4v) is 3.14. The van der Waals surface area contributed by atoms with Crippen LogP contribution in [0.25, 0.3) is 10.8 Å². The lowest BCUT2D eigenvalue weighted by Crippen LogP contribution is -2.37. The van der Waals surface area contributed by atoms with Crippen molar-refractivity contribution in [3.63, 3.8) is 0 Å². The van der Waals surface area contributed by atoms with Gasteiger partial charge in [0.05, 0.1) is 5.69 Å². The fourth-order valence-electron chi connectivity index (χ4n) is 2.40. The van der Waals surface area contributed by atoms with Crippen molar-refractivity contribution in [2.45, 2.75) is 25.4 Å². The van der Waals surface area contributed by atoms with E-state index >= 15 is 0 Å². The number of nitrogens with two attached hydrogens (primary N) is 1. The molecule has 7 heteroatoms. The highest BCUT2D eigenvalue weighted by molar-refractivity contribution is 7.14. The number of rotatable bonds is 4. The first-order valence-electron chi connectivity index (χ1n) is 6.64. The summed E-state index contributed by atoms with van der Waals surface area (Å²) >= 11 is 1.49. The van der Waals surface area contributed by atoms with Crippen molar-refractivity contribution < 1.29 is 14.0 Å². The van der Waals surface area contributed by atoms with E-state index in [4.69, 9.17) is 19.7 Å². The van der Waals surface area contributed by atoms with Gasteiger partial charge < -0.3 is 19.7 Å². The number of hydrogen-bond donors (Lipinski definition) is 1. The molecule has 0 amide bonds. The Bertz CT molecular complexity index is 569. The van der Waals surface area contributed by atoms with Gasteiger partial charge in [-0.1, -0.05) is 5.16 Å². The lowest BCUT2D eigenvalue weighted by molar-refractivity contribution is -0.118. The molecule has 0 saturated carbocycles. The SMILES string of the molecule is CCOC1(c2noc(-c3sccc3N)n2)CCOCC1. The number of aromatic nitrogens is 2. The van der Waals surface area contributed by atoms with Crippen LogP contribution in [0.5, 0.6) is 0 Å². The van der Waals surface area contributed by atoms with Crippen molar-refractivity contribution in [2.75, 3.05) is 25.6 Å². The molecule has 0 unspecified atom stereocenters. The second-order valence-electron chi connectivity index (χ2n) is 4.67. The molecule has 108 valence electrons. The summed E-state index contributed by atoms with van der Waals surface area (Å²) in [5, 5.41) is 6.02. The van der Waals surface area contributed by atoms with Crippen molar-refractivity contribution in [3.8, 4) is 10.8 Å². The first kappa shape index (κ1) is 13.5. The second kappa shape index (κ2) is 5.51. The molecule has 2 aromatic heterocycles. The lowest BCUT2D eigenvalue weighted by Gasteiger charge is -2.33. The van der Waals surface area contributed by atoms with Gasteiger partial charge in [-0.15, -0.1) is 11.3 Å². The number of hydrogen-bond acceptors (Lipinski definition) is 7. The molecule has 20 heavy (non-hydrogen) atoms. The molecular formula is C13H17N3O3S. The van der Waals surface area contributed by atoms with Gasteiger partial charge in [0.15, 0.2) is 0 Å². The van der Waals surface area contributed by atoms with Crippen molar-refractivity contribution in [3.05, 3.63) is 17.3 Å². The highest BCUT2D eigenvalue weighted by Crippen LogP contribution is 2.37. The molecular weight excluding hydrogens is 278 g/mol. The third kappa shape index (κ3) is 2.32. The molecule has 0 aromatic carbocycles. The van der Waals surface area contributed by atoms with Crippen molar-refractivity contribution >= 4 is 17.0 Å². The molecule has 0 bridgehead atoms. The van der Waals surface area contributed by atoms with E-state index < -0.39 is 5.60 Å². The summed E-state index contributed by atoms with van der Waals surface area (Å²) in [5.74, 6) is 1.04. The molecule has 0 spiro atoms. The molecule has 1 aliphatic rings. The molecule has 3 heterocycles. The Morgan fingerprint density at radius 2 is 2.25 bits per heavy atom. The van der Waals surface area contributed by atoms with Crippen LogP contribution >= 0.6 is 11.3 Å². The minimum atomic E-state index is -0.499. The smallest absolute Gasteiger partial charge is 0.270 e. The van der Waals surface area contributed by atoms with Crippen LogP contribution < -0.4 is 5.73 Å². The number of nitrogens with zero attached hydrogens (tertiary/aromatic N) is 2. The van der Waals surface area contributed by atoms with Crippen LogP contribution in [-0.2, 0) is 15.1 Å². The first-order chi connectivity index (χ1) is 9.75. The third-order valence-electron chi connectivity index (χ3n) is 3.44. The van der Waals surface area contributed by atoms with E-state index in [2.05, 4.69) is 10.1 Å². The van der Waals surface area contributed by atoms with Crippen LogP contribution in [-0.4, -0.2) is 30.0 Å². The minimum Gasteiger partial charge on any atom is -0.397 e. The van der Waals surface area contributed by atoms with Crippen molar-refractivity contribution in [1.82, 2.24) is 10.1 Å². The van der Waals surface area contributed by atoms with Gasteiger partial charge in [-0.2, -0.15) is 4.98 Å². The van der Waals surface area contributed by atoms with Crippen LogP contribution in [0.4, 0.5) is 5.69 Å². The molecule has 2 N–H and O–H groups in total. The van der Waals surface area contributed by atoms with Gasteiger partial charge in [-0.05, 0) is 18.4 Å². The van der Waals surface area contributed by atoms with Gasteiger partial charge in [0.1, 0.15) is 10.5 Å². The highest BCUT2D eigenvalue weighted by Gasteiger charge is 2.40. The molecule has 3 rings (SSSR count). The Hall–Kier alpha value is -1.44. The Morgan fingerprint density at radius 1 is 1.45 bits per heavy atom. The summed E-state index contributed by atoms with van der Waals surface area (Å²) in [7, 11) is 0. The predicted octanol–water partition coefficient (Wildman–Crippen LogP) is 2.42. The summed E-state index contributed by atoms with van der Waals surface area (Å²) in [6.07, 6.45) is 1.47. The van der Waals surface area contributed by atoms with Gasteiger partial charge in [0.2, 0.25) is 5.82 Å². The molecule has 0 radical (unpaired) electrons. The van der Waals surface area contributed by atoms with Crippen LogP contribution in [0.15, 0.2) is 16.0 Å². The van der Waals surface area contributed by atoms with Gasteiger partial charge in [-0.25, -0.2) is 0 Å². The van der Waals surface area contributed by atoms with E-state index in [0.29, 0.717) is 37.2 Å². The molecule has 1 fully saturated rings. The van der Waals surface area contributed by atoms with Crippen LogP contribution in [0, 0.1) is 0 Å². The van der Waals surface area contributed by atoms with Gasteiger partial charge in [-0.3, -0.25) is 0 Å². The maximum atomic E-state index is 5.92. The van der Waals surface area contributed by atoms with E-state index in [1.807, 2.05) is 18.4 Å². The zero-order valence-electron chi connectivity index (χ0n) is 11.3. The van der Waals surface area contributed by atoms with E-state index in [0.717, 1.165) is 17.7 Å². The Kier molecular flexibility index (Phi) is 3.73. The molecule has 1 saturated heterocycles. The predicted molar refractivity (Wildman–Crippen MR) is 75.4 cm³/mol. The number of anilines is 1. The Morgan fingerprint density at radius 3 is 2.90 bits per heavy atom. The average molecular weight is 295 g/mol. The topological polar surface area (TPSA) is 83.4 Å². The maximum Gasteiger partial charge on any atom is 0.270 e. The monoisotopic (exact) mass is 295 g/mol. The van der Waals surface area contributed by atoms with Gasteiger partial charge in [0, 0.05) is 32.7 Å². The Labute approximate surface area is 120 Å². The lowest BCUT2D eigenvalue weighted by atomic mass is 9.93.